The number of carboxylic acids is 1. The van der Waals surface area contributed by atoms with Crippen LogP contribution in [0.1, 0.15) is 21.5 Å². The van der Waals surface area contributed by atoms with Crippen LogP contribution in [-0.2, 0) is 0 Å². The Morgan fingerprint density at radius 1 is 1.23 bits per heavy atom. The highest BCUT2D eigenvalue weighted by Crippen LogP contribution is 2.36. The quantitative estimate of drug-likeness (QED) is 0.601. The summed E-state index contributed by atoms with van der Waals surface area (Å²) >= 11 is 0. The number of benzene rings is 2. The molecule has 3 N–H and O–H groups in total. The van der Waals surface area contributed by atoms with Crippen LogP contribution in [0.3, 0.4) is 0 Å². The molecular formula is C22H21N5O3. The summed E-state index contributed by atoms with van der Waals surface area (Å²) in [5, 5.41) is 12.8. The molecule has 1 aliphatic heterocycles. The van der Waals surface area contributed by atoms with E-state index < -0.39 is 5.97 Å². The molecule has 0 bridgehead atoms. The van der Waals surface area contributed by atoms with Gasteiger partial charge in [0.2, 0.25) is 0 Å². The molecule has 8 nitrogen and oxygen atoms in total. The van der Waals surface area contributed by atoms with E-state index in [2.05, 4.69) is 26.9 Å². The summed E-state index contributed by atoms with van der Waals surface area (Å²) in [5.74, 6) is -0.556. The average Bonchev–Trinajstić information content (AvgIpc) is 2.70. The fraction of sp³-hybridized carbons (Fsp3) is 0.182. The van der Waals surface area contributed by atoms with E-state index in [0.717, 1.165) is 16.8 Å². The SMILES string of the molecule is C=c1nc2c(c(=O)[nH]1)=Nc1cc(C)c(C)cc1N2CCNc1ccccc1C(=O)O. The molecule has 0 radical (unpaired) electrons. The minimum Gasteiger partial charge on any atom is -0.478 e. The standard InChI is InChI=1S/C22H21N5O3/c1-12-10-17-18(11-13(12)2)27(20-19(26-17)21(28)25-14(3)24-20)9-8-23-16-7-5-4-6-15(16)22(29)30/h4-7,10-11,23H,3,8-9H2,1-2H3,(H,25,28)(H,29,30). The predicted molar refractivity (Wildman–Crippen MR) is 116 cm³/mol. The first-order valence-electron chi connectivity index (χ1n) is 9.48. The first-order chi connectivity index (χ1) is 14.3. The predicted octanol–water partition coefficient (Wildman–Crippen LogP) is 2.01. The molecule has 8 heteroatoms. The zero-order valence-corrected chi connectivity index (χ0v) is 16.7. The number of para-hydroxylation sites is 1. The van der Waals surface area contributed by atoms with Gasteiger partial charge in [-0.05, 0) is 49.2 Å². The number of anilines is 3. The number of aryl methyl sites for hydroxylation is 2. The van der Waals surface area contributed by atoms with Gasteiger partial charge >= 0.3 is 5.97 Å². The molecule has 2 heterocycles. The second-order valence-corrected chi connectivity index (χ2v) is 7.15. The first-order valence-corrected chi connectivity index (χ1v) is 9.48. The van der Waals surface area contributed by atoms with Crippen LogP contribution in [0.4, 0.5) is 22.9 Å². The second kappa shape index (κ2) is 7.47. The van der Waals surface area contributed by atoms with E-state index in [0.29, 0.717) is 30.3 Å². The number of H-pyrrole nitrogens is 1. The van der Waals surface area contributed by atoms with Gasteiger partial charge in [0.25, 0.3) is 5.56 Å². The molecule has 0 spiro atoms. The van der Waals surface area contributed by atoms with E-state index in [1.165, 1.54) is 0 Å². The molecule has 3 aromatic rings. The largest absolute Gasteiger partial charge is 0.478 e. The van der Waals surface area contributed by atoms with Crippen LogP contribution < -0.4 is 26.6 Å². The number of aromatic carboxylic acids is 1. The van der Waals surface area contributed by atoms with Crippen molar-refractivity contribution in [1.29, 1.82) is 0 Å². The molecule has 0 unspecified atom stereocenters. The van der Waals surface area contributed by atoms with Crippen LogP contribution in [0.15, 0.2) is 46.2 Å². The van der Waals surface area contributed by atoms with E-state index >= 15 is 0 Å². The van der Waals surface area contributed by atoms with Crippen LogP contribution >= 0.6 is 0 Å². The average molecular weight is 403 g/mol. The highest BCUT2D eigenvalue weighted by Gasteiger charge is 2.23. The fourth-order valence-electron chi connectivity index (χ4n) is 3.47. The Hall–Kier alpha value is -3.94. The lowest BCUT2D eigenvalue weighted by molar-refractivity contribution is 0.0698. The number of nitrogens with zero attached hydrogens (tertiary/aromatic N) is 3. The molecule has 1 aromatic heterocycles. The Morgan fingerprint density at radius 2 is 1.97 bits per heavy atom. The van der Waals surface area contributed by atoms with Crippen molar-refractivity contribution in [1.82, 2.24) is 9.97 Å². The Morgan fingerprint density at radius 3 is 2.73 bits per heavy atom. The third-order valence-electron chi connectivity index (χ3n) is 5.10. The number of aromatic nitrogens is 2. The smallest absolute Gasteiger partial charge is 0.337 e. The van der Waals surface area contributed by atoms with Crippen molar-refractivity contribution in [2.75, 3.05) is 23.3 Å². The van der Waals surface area contributed by atoms with E-state index in [1.807, 2.05) is 30.9 Å². The molecule has 0 aliphatic carbocycles. The van der Waals surface area contributed by atoms with Crippen molar-refractivity contribution in [3.63, 3.8) is 0 Å². The third kappa shape index (κ3) is 3.43. The molecule has 2 aromatic carbocycles. The highest BCUT2D eigenvalue weighted by atomic mass is 16.4. The Labute approximate surface area is 172 Å². The fourth-order valence-corrected chi connectivity index (χ4v) is 3.47. The Balaban J connectivity index is 1.73. The minimum atomic E-state index is -0.994. The lowest BCUT2D eigenvalue weighted by atomic mass is 10.1. The van der Waals surface area contributed by atoms with Gasteiger partial charge in [-0.25, -0.2) is 14.8 Å². The lowest BCUT2D eigenvalue weighted by Crippen LogP contribution is -2.43. The van der Waals surface area contributed by atoms with Gasteiger partial charge in [-0.1, -0.05) is 18.7 Å². The summed E-state index contributed by atoms with van der Waals surface area (Å²) in [4.78, 5) is 37.4. The molecule has 0 saturated carbocycles. The van der Waals surface area contributed by atoms with Gasteiger partial charge in [-0.3, -0.25) is 4.79 Å². The van der Waals surface area contributed by atoms with Crippen molar-refractivity contribution in [3.8, 4) is 0 Å². The second-order valence-electron chi connectivity index (χ2n) is 7.15. The number of rotatable bonds is 5. The highest BCUT2D eigenvalue weighted by molar-refractivity contribution is 5.94. The summed E-state index contributed by atoms with van der Waals surface area (Å²) in [6.45, 7) is 8.64. The number of hydrogen-bond donors (Lipinski definition) is 3. The third-order valence-corrected chi connectivity index (χ3v) is 5.10. The van der Waals surface area contributed by atoms with Crippen molar-refractivity contribution in [3.05, 3.63) is 74.3 Å². The maximum absolute atomic E-state index is 12.5. The molecule has 0 amide bonds. The lowest BCUT2D eigenvalue weighted by Gasteiger charge is -2.29. The maximum atomic E-state index is 12.5. The van der Waals surface area contributed by atoms with Gasteiger partial charge < -0.3 is 20.3 Å². The van der Waals surface area contributed by atoms with Gasteiger partial charge in [-0.2, -0.15) is 0 Å². The number of aromatic amines is 1. The van der Waals surface area contributed by atoms with Gasteiger partial charge in [0.05, 0.1) is 16.9 Å². The van der Waals surface area contributed by atoms with Crippen LogP contribution in [0.5, 0.6) is 0 Å². The summed E-state index contributed by atoms with van der Waals surface area (Å²) in [6.07, 6.45) is 0. The van der Waals surface area contributed by atoms with E-state index in [4.69, 9.17) is 0 Å². The Kier molecular flexibility index (Phi) is 4.83. The molecule has 0 atom stereocenters. The van der Waals surface area contributed by atoms with Gasteiger partial charge in [0.1, 0.15) is 5.48 Å². The van der Waals surface area contributed by atoms with Crippen LogP contribution in [0.25, 0.3) is 6.58 Å². The van der Waals surface area contributed by atoms with E-state index in [1.54, 1.807) is 24.3 Å². The molecule has 0 fully saturated rings. The van der Waals surface area contributed by atoms with Crippen LogP contribution in [0.2, 0.25) is 0 Å². The summed E-state index contributed by atoms with van der Waals surface area (Å²) in [6, 6.07) is 10.7. The minimum absolute atomic E-state index is 0.202. The monoisotopic (exact) mass is 403 g/mol. The van der Waals surface area contributed by atoms with Crippen LogP contribution in [0, 0.1) is 13.8 Å². The number of fused-ring (bicyclic) bond motifs is 2. The number of carboxylic acid groups (broad SMARTS) is 1. The maximum Gasteiger partial charge on any atom is 0.337 e. The summed E-state index contributed by atoms with van der Waals surface area (Å²) in [7, 11) is 0. The normalized spacial score (nSPS) is 12.0. The first kappa shape index (κ1) is 19.4. The van der Waals surface area contributed by atoms with Gasteiger partial charge in [-0.15, -0.1) is 0 Å². The van der Waals surface area contributed by atoms with Crippen molar-refractivity contribution >= 4 is 35.4 Å². The van der Waals surface area contributed by atoms with E-state index in [9.17, 15) is 14.7 Å². The summed E-state index contributed by atoms with van der Waals surface area (Å²) < 4.78 is 0. The number of nitrogens with one attached hydrogen (secondary N) is 2. The number of hydrogen-bond acceptors (Lipinski definition) is 6. The zero-order chi connectivity index (χ0) is 21.4. The van der Waals surface area contributed by atoms with Gasteiger partial charge in [0.15, 0.2) is 11.2 Å². The van der Waals surface area contributed by atoms with E-state index in [-0.39, 0.29) is 22.0 Å². The molecule has 152 valence electrons. The zero-order valence-electron chi connectivity index (χ0n) is 16.7. The molecule has 4 rings (SSSR count). The van der Waals surface area contributed by atoms with Gasteiger partial charge in [0, 0.05) is 18.8 Å². The van der Waals surface area contributed by atoms with Crippen molar-refractivity contribution in [2.45, 2.75) is 13.8 Å². The topological polar surface area (TPSA) is 111 Å². The van der Waals surface area contributed by atoms with Crippen molar-refractivity contribution < 1.29 is 9.90 Å². The summed E-state index contributed by atoms with van der Waals surface area (Å²) in [5.41, 5.74) is 4.36. The van der Waals surface area contributed by atoms with Crippen LogP contribution in [-0.4, -0.2) is 34.1 Å². The number of carbonyl (C=O) groups is 1. The molecule has 1 aliphatic rings. The Bertz CT molecular complexity index is 1330. The van der Waals surface area contributed by atoms with Crippen molar-refractivity contribution in [2.24, 2.45) is 4.99 Å². The molecule has 30 heavy (non-hydrogen) atoms. The molecular weight excluding hydrogens is 382 g/mol. The molecule has 0 saturated heterocycles.